The molecular formula is C15H17BrNO3-. The Bertz CT molecular complexity index is 530. The van der Waals surface area contributed by atoms with Gasteiger partial charge in [0.25, 0.3) is 0 Å². The molecule has 0 saturated heterocycles. The fraction of sp³-hybridized carbons (Fsp3) is 0.467. The number of hydrogen-bond acceptors (Lipinski definition) is 3. The SMILES string of the molecule is Cc1cc(Br)ccc1NC(=O)[C@H]1CCCC[C@@H]1C(=O)[O-]. The summed E-state index contributed by atoms with van der Waals surface area (Å²) in [5.74, 6) is -2.49. The van der Waals surface area contributed by atoms with Gasteiger partial charge in [-0.3, -0.25) is 4.79 Å². The van der Waals surface area contributed by atoms with Gasteiger partial charge < -0.3 is 15.2 Å². The summed E-state index contributed by atoms with van der Waals surface area (Å²) in [6.45, 7) is 1.90. The number of hydrogen-bond donors (Lipinski definition) is 1. The van der Waals surface area contributed by atoms with Crippen LogP contribution in [0, 0.1) is 18.8 Å². The van der Waals surface area contributed by atoms with Crippen molar-refractivity contribution in [3.63, 3.8) is 0 Å². The number of carboxylic acids is 1. The maximum Gasteiger partial charge on any atom is 0.228 e. The summed E-state index contributed by atoms with van der Waals surface area (Å²) in [6, 6.07) is 5.57. The van der Waals surface area contributed by atoms with Gasteiger partial charge >= 0.3 is 0 Å². The smallest absolute Gasteiger partial charge is 0.228 e. The number of halogens is 1. The molecular weight excluding hydrogens is 322 g/mol. The Hall–Kier alpha value is -1.36. The summed E-state index contributed by atoms with van der Waals surface area (Å²) in [7, 11) is 0. The molecule has 0 aliphatic heterocycles. The lowest BCUT2D eigenvalue weighted by Gasteiger charge is -2.31. The maximum atomic E-state index is 12.3. The highest BCUT2D eigenvalue weighted by Crippen LogP contribution is 2.31. The quantitative estimate of drug-likeness (QED) is 0.918. The highest BCUT2D eigenvalue weighted by molar-refractivity contribution is 9.10. The summed E-state index contributed by atoms with van der Waals surface area (Å²) < 4.78 is 0.943. The van der Waals surface area contributed by atoms with Crippen molar-refractivity contribution in [2.75, 3.05) is 5.32 Å². The van der Waals surface area contributed by atoms with Crippen LogP contribution in [0.4, 0.5) is 5.69 Å². The van der Waals surface area contributed by atoms with Crippen LogP contribution in [0.3, 0.4) is 0 Å². The molecule has 1 aromatic carbocycles. The van der Waals surface area contributed by atoms with Gasteiger partial charge in [0.15, 0.2) is 0 Å². The molecule has 1 aliphatic rings. The van der Waals surface area contributed by atoms with Crippen molar-refractivity contribution < 1.29 is 14.7 Å². The van der Waals surface area contributed by atoms with Gasteiger partial charge in [0, 0.05) is 28.0 Å². The lowest BCUT2D eigenvalue weighted by atomic mass is 9.78. The molecule has 20 heavy (non-hydrogen) atoms. The highest BCUT2D eigenvalue weighted by Gasteiger charge is 2.31. The Balaban J connectivity index is 2.12. The molecule has 1 saturated carbocycles. The van der Waals surface area contributed by atoms with E-state index in [-0.39, 0.29) is 5.91 Å². The number of benzene rings is 1. The van der Waals surface area contributed by atoms with Gasteiger partial charge in [0.1, 0.15) is 0 Å². The molecule has 0 unspecified atom stereocenters. The van der Waals surface area contributed by atoms with Gasteiger partial charge in [-0.25, -0.2) is 0 Å². The second kappa shape index (κ2) is 6.39. The zero-order chi connectivity index (χ0) is 14.7. The van der Waals surface area contributed by atoms with Gasteiger partial charge in [-0.05, 0) is 43.5 Å². The van der Waals surface area contributed by atoms with Crippen LogP contribution in [0.25, 0.3) is 0 Å². The lowest BCUT2D eigenvalue weighted by Crippen LogP contribution is -2.42. The van der Waals surface area contributed by atoms with E-state index in [1.165, 1.54) is 0 Å². The number of aryl methyl sites for hydroxylation is 1. The van der Waals surface area contributed by atoms with E-state index in [0.717, 1.165) is 28.6 Å². The van der Waals surface area contributed by atoms with Crippen molar-refractivity contribution in [1.82, 2.24) is 0 Å². The topological polar surface area (TPSA) is 69.2 Å². The van der Waals surface area contributed by atoms with Crippen molar-refractivity contribution in [1.29, 1.82) is 0 Å². The largest absolute Gasteiger partial charge is 0.550 e. The minimum atomic E-state index is -1.11. The molecule has 1 aromatic rings. The van der Waals surface area contributed by atoms with E-state index in [1.807, 2.05) is 25.1 Å². The van der Waals surface area contributed by atoms with Gasteiger partial charge in [-0.1, -0.05) is 28.8 Å². The molecule has 1 amide bonds. The third kappa shape index (κ3) is 3.39. The van der Waals surface area contributed by atoms with E-state index in [1.54, 1.807) is 0 Å². The van der Waals surface area contributed by atoms with Crippen molar-refractivity contribution in [3.8, 4) is 0 Å². The molecule has 2 atom stereocenters. The second-order valence-corrected chi connectivity index (χ2v) is 6.18. The molecule has 0 heterocycles. The molecule has 108 valence electrons. The normalized spacial score (nSPS) is 22.3. The number of rotatable bonds is 3. The van der Waals surface area contributed by atoms with Crippen LogP contribution in [0.15, 0.2) is 22.7 Å². The average Bonchev–Trinajstić information content (AvgIpc) is 2.41. The summed E-state index contributed by atoms with van der Waals surface area (Å²) in [6.07, 6.45) is 2.88. The van der Waals surface area contributed by atoms with Crippen molar-refractivity contribution in [2.45, 2.75) is 32.6 Å². The van der Waals surface area contributed by atoms with E-state index >= 15 is 0 Å². The number of aliphatic carboxylic acids is 1. The first-order valence-corrected chi connectivity index (χ1v) is 7.56. The first-order chi connectivity index (χ1) is 9.49. The minimum absolute atomic E-state index is 0.218. The van der Waals surface area contributed by atoms with Crippen LogP contribution in [0.5, 0.6) is 0 Å². The zero-order valence-electron chi connectivity index (χ0n) is 11.3. The Morgan fingerprint density at radius 3 is 2.50 bits per heavy atom. The van der Waals surface area contributed by atoms with Crippen LogP contribution in [0.1, 0.15) is 31.2 Å². The average molecular weight is 339 g/mol. The number of anilines is 1. The fourth-order valence-corrected chi connectivity index (χ4v) is 3.20. The lowest BCUT2D eigenvalue weighted by molar-refractivity contribution is -0.313. The molecule has 4 nitrogen and oxygen atoms in total. The second-order valence-electron chi connectivity index (χ2n) is 5.26. The van der Waals surface area contributed by atoms with Gasteiger partial charge in [-0.15, -0.1) is 0 Å². The van der Waals surface area contributed by atoms with Gasteiger partial charge in [-0.2, -0.15) is 0 Å². The number of carboxylic acid groups (broad SMARTS) is 1. The maximum absolute atomic E-state index is 12.3. The van der Waals surface area contributed by atoms with E-state index in [4.69, 9.17) is 0 Å². The van der Waals surface area contributed by atoms with Crippen molar-refractivity contribution in [2.24, 2.45) is 11.8 Å². The summed E-state index contributed by atoms with van der Waals surface area (Å²) in [5, 5.41) is 14.0. The molecule has 1 aliphatic carbocycles. The van der Waals surface area contributed by atoms with Crippen molar-refractivity contribution >= 4 is 33.5 Å². The first kappa shape index (κ1) is 15.0. The van der Waals surface area contributed by atoms with E-state index in [2.05, 4.69) is 21.2 Å². The zero-order valence-corrected chi connectivity index (χ0v) is 12.9. The Morgan fingerprint density at radius 2 is 1.90 bits per heavy atom. The molecule has 2 rings (SSSR count). The number of amides is 1. The van der Waals surface area contributed by atoms with E-state index < -0.39 is 17.8 Å². The first-order valence-electron chi connectivity index (χ1n) is 6.77. The minimum Gasteiger partial charge on any atom is -0.550 e. The van der Waals surface area contributed by atoms with E-state index in [9.17, 15) is 14.7 Å². The third-order valence-corrected chi connectivity index (χ3v) is 4.35. The Labute approximate surface area is 126 Å². The predicted molar refractivity (Wildman–Crippen MR) is 78.0 cm³/mol. The van der Waals surface area contributed by atoms with Crippen LogP contribution in [-0.2, 0) is 9.59 Å². The molecule has 0 spiro atoms. The third-order valence-electron chi connectivity index (χ3n) is 3.85. The molecule has 1 N–H and O–H groups in total. The van der Waals surface area contributed by atoms with E-state index in [0.29, 0.717) is 12.8 Å². The monoisotopic (exact) mass is 338 g/mol. The molecule has 1 fully saturated rings. The highest BCUT2D eigenvalue weighted by atomic mass is 79.9. The van der Waals surface area contributed by atoms with Crippen LogP contribution >= 0.6 is 15.9 Å². The molecule has 0 aromatic heterocycles. The van der Waals surface area contributed by atoms with Crippen molar-refractivity contribution in [3.05, 3.63) is 28.2 Å². The fourth-order valence-electron chi connectivity index (χ4n) is 2.72. The summed E-state index contributed by atoms with van der Waals surface area (Å²) in [4.78, 5) is 23.4. The van der Waals surface area contributed by atoms with Gasteiger partial charge in [0.05, 0.1) is 0 Å². The number of carbonyl (C=O) groups is 2. The summed E-state index contributed by atoms with van der Waals surface area (Å²) in [5.41, 5.74) is 1.66. The summed E-state index contributed by atoms with van der Waals surface area (Å²) >= 11 is 3.37. The van der Waals surface area contributed by atoms with Crippen LogP contribution in [0.2, 0.25) is 0 Å². The van der Waals surface area contributed by atoms with Crippen LogP contribution in [-0.4, -0.2) is 11.9 Å². The Kier molecular flexibility index (Phi) is 4.81. The number of nitrogens with one attached hydrogen (secondary N) is 1. The Morgan fingerprint density at radius 1 is 1.25 bits per heavy atom. The molecule has 5 heteroatoms. The van der Waals surface area contributed by atoms with Crippen LogP contribution < -0.4 is 10.4 Å². The molecule has 0 bridgehead atoms. The predicted octanol–water partition coefficient (Wildman–Crippen LogP) is 2.25. The number of carbonyl (C=O) groups excluding carboxylic acids is 2. The standard InChI is InChI=1S/C15H18BrNO3/c1-9-8-10(16)6-7-13(9)17-14(18)11-4-2-3-5-12(11)15(19)20/h6-8,11-12H,2-5H2,1H3,(H,17,18)(H,19,20)/p-1/t11-,12-/m0/s1. The van der Waals surface area contributed by atoms with Gasteiger partial charge in [0.2, 0.25) is 5.91 Å². The molecule has 0 radical (unpaired) electrons.